The zero-order valence-electron chi connectivity index (χ0n) is 14.9. The van der Waals surface area contributed by atoms with Gasteiger partial charge >= 0.3 is 5.97 Å². The number of nitrogens with one attached hydrogen (secondary N) is 1. The first-order chi connectivity index (χ1) is 13.1. The number of imidazole rings is 1. The van der Waals surface area contributed by atoms with Crippen molar-refractivity contribution < 1.29 is 24.2 Å². The quantitative estimate of drug-likeness (QED) is 0.724. The van der Waals surface area contributed by atoms with Crippen molar-refractivity contribution in [3.63, 3.8) is 0 Å². The van der Waals surface area contributed by atoms with E-state index in [-0.39, 0.29) is 36.9 Å². The molecule has 0 bridgehead atoms. The number of methoxy groups -OCH3 is 1. The molecule has 27 heavy (non-hydrogen) atoms. The van der Waals surface area contributed by atoms with Gasteiger partial charge in [0.15, 0.2) is 0 Å². The molecule has 2 aliphatic heterocycles. The Morgan fingerprint density at radius 3 is 3.07 bits per heavy atom. The first kappa shape index (κ1) is 17.5. The summed E-state index contributed by atoms with van der Waals surface area (Å²) in [6.45, 7) is 1.96. The van der Waals surface area contributed by atoms with Crippen molar-refractivity contribution in [2.75, 3.05) is 38.7 Å². The number of ether oxygens (including phenoxy) is 2. The Morgan fingerprint density at radius 2 is 2.30 bits per heavy atom. The number of benzene rings is 1. The van der Waals surface area contributed by atoms with Crippen molar-refractivity contribution in [3.05, 3.63) is 35.3 Å². The molecule has 0 saturated carbocycles. The predicted molar refractivity (Wildman–Crippen MR) is 95.7 cm³/mol. The highest BCUT2D eigenvalue weighted by atomic mass is 16.5. The second-order valence-electron chi connectivity index (χ2n) is 6.36. The highest BCUT2D eigenvalue weighted by Crippen LogP contribution is 2.26. The lowest BCUT2D eigenvalue weighted by atomic mass is 10.2. The minimum absolute atomic E-state index is 0.104. The number of carbonyl (C=O) groups excluding carboxylic acids is 2. The highest BCUT2D eigenvalue weighted by Gasteiger charge is 2.34. The number of amides is 1. The molecular weight excluding hydrogens is 352 g/mol. The summed E-state index contributed by atoms with van der Waals surface area (Å²) >= 11 is 0. The summed E-state index contributed by atoms with van der Waals surface area (Å²) < 4.78 is 12.3. The lowest BCUT2D eigenvalue weighted by molar-refractivity contribution is -0.136. The number of nitrogens with zero attached hydrogens (tertiary/aromatic N) is 3. The summed E-state index contributed by atoms with van der Waals surface area (Å²) in [6.07, 6.45) is 0. The number of anilines is 1. The third kappa shape index (κ3) is 3.04. The Balaban J connectivity index is 1.66. The Morgan fingerprint density at radius 1 is 1.44 bits per heavy atom. The minimum Gasteiger partial charge on any atom is -0.466 e. The minimum atomic E-state index is -0.568. The molecule has 4 rings (SSSR count). The van der Waals surface area contributed by atoms with E-state index in [9.17, 15) is 9.59 Å². The van der Waals surface area contributed by atoms with E-state index in [0.29, 0.717) is 18.9 Å². The van der Waals surface area contributed by atoms with E-state index >= 15 is 0 Å². The lowest BCUT2D eigenvalue weighted by Crippen LogP contribution is -2.31. The molecule has 3 heterocycles. The Labute approximate surface area is 155 Å². The summed E-state index contributed by atoms with van der Waals surface area (Å²) in [6, 6.07) is 5.62. The fourth-order valence-electron chi connectivity index (χ4n) is 3.43. The van der Waals surface area contributed by atoms with Crippen molar-refractivity contribution in [1.29, 1.82) is 0 Å². The van der Waals surface area contributed by atoms with Crippen LogP contribution in [0.2, 0.25) is 0 Å². The van der Waals surface area contributed by atoms with Crippen molar-refractivity contribution in [2.24, 2.45) is 0 Å². The van der Waals surface area contributed by atoms with E-state index in [1.165, 1.54) is 12.0 Å². The molecule has 0 atom stereocenters. The number of hydrogen-bond donors (Lipinski definition) is 2. The number of carbonyl (C=O) groups is 2. The van der Waals surface area contributed by atoms with E-state index < -0.39 is 5.97 Å². The molecule has 0 fully saturated rings. The van der Waals surface area contributed by atoms with Crippen LogP contribution in [0.5, 0.6) is 0 Å². The van der Waals surface area contributed by atoms with Crippen LogP contribution in [0.15, 0.2) is 29.5 Å². The molecule has 1 aromatic carbocycles. The molecule has 9 heteroatoms. The molecule has 1 aromatic heterocycles. The fourth-order valence-corrected chi connectivity index (χ4v) is 3.43. The van der Waals surface area contributed by atoms with E-state index in [2.05, 4.69) is 14.9 Å². The van der Waals surface area contributed by atoms with E-state index in [1.807, 2.05) is 18.2 Å². The van der Waals surface area contributed by atoms with Gasteiger partial charge in [0.25, 0.3) is 5.91 Å². The van der Waals surface area contributed by atoms with E-state index in [4.69, 9.17) is 14.6 Å². The molecule has 2 aromatic rings. The van der Waals surface area contributed by atoms with Gasteiger partial charge in [-0.3, -0.25) is 4.79 Å². The van der Waals surface area contributed by atoms with Crippen LogP contribution in [0.4, 0.5) is 5.69 Å². The van der Waals surface area contributed by atoms with Crippen LogP contribution in [-0.2, 0) is 32.2 Å². The summed E-state index contributed by atoms with van der Waals surface area (Å²) in [5.74, 6) is -0.0435. The van der Waals surface area contributed by atoms with Gasteiger partial charge in [0.1, 0.15) is 18.1 Å². The van der Waals surface area contributed by atoms with Gasteiger partial charge in [-0.25, -0.2) is 9.78 Å². The molecule has 2 N–H and O–H groups in total. The molecule has 2 aliphatic rings. The van der Waals surface area contributed by atoms with Gasteiger partial charge in [-0.2, -0.15) is 0 Å². The standard InChI is InChI=1S/C18H20N4O5/c1-26-18(25)12-9-21(4-6-23)17(24)16(12)19-11-2-3-14-13(8-11)20-15-10-27-7-5-22(14)15/h2-3,8,19,23H,4-7,9-10H2,1H3. The molecule has 0 unspecified atom stereocenters. The summed E-state index contributed by atoms with van der Waals surface area (Å²) in [7, 11) is 1.27. The average molecular weight is 372 g/mol. The first-order valence-corrected chi connectivity index (χ1v) is 8.68. The SMILES string of the molecule is COC(=O)C1=C(Nc2ccc3c(c2)nc2n3CCOC2)C(=O)N(CCO)C1. The van der Waals surface area contributed by atoms with Crippen LogP contribution in [0, 0.1) is 0 Å². The van der Waals surface area contributed by atoms with Gasteiger partial charge in [-0.05, 0) is 18.2 Å². The van der Waals surface area contributed by atoms with Crippen molar-refractivity contribution in [3.8, 4) is 0 Å². The summed E-state index contributed by atoms with van der Waals surface area (Å²) in [4.78, 5) is 30.7. The molecule has 0 saturated heterocycles. The maximum atomic E-state index is 12.6. The van der Waals surface area contributed by atoms with Crippen LogP contribution in [0.3, 0.4) is 0 Å². The number of β-amino-alcohol motifs (C(OH)–C–C–N with tert-alkyl or cyclic N) is 1. The zero-order chi connectivity index (χ0) is 19.0. The maximum Gasteiger partial charge on any atom is 0.337 e. The van der Waals surface area contributed by atoms with Crippen LogP contribution >= 0.6 is 0 Å². The van der Waals surface area contributed by atoms with Gasteiger partial charge in [-0.15, -0.1) is 0 Å². The monoisotopic (exact) mass is 372 g/mol. The Bertz CT molecular complexity index is 949. The van der Waals surface area contributed by atoms with Crippen LogP contribution < -0.4 is 5.32 Å². The average Bonchev–Trinajstić information content (AvgIpc) is 3.20. The smallest absolute Gasteiger partial charge is 0.337 e. The Kier molecular flexibility index (Phi) is 4.54. The number of fused-ring (bicyclic) bond motifs is 3. The van der Waals surface area contributed by atoms with Crippen molar-refractivity contribution >= 4 is 28.6 Å². The third-order valence-electron chi connectivity index (χ3n) is 4.74. The van der Waals surface area contributed by atoms with Crippen molar-refractivity contribution in [2.45, 2.75) is 13.2 Å². The number of hydrogen-bond acceptors (Lipinski definition) is 7. The van der Waals surface area contributed by atoms with Gasteiger partial charge in [0, 0.05) is 18.8 Å². The number of rotatable bonds is 5. The molecule has 0 aliphatic carbocycles. The summed E-state index contributed by atoms with van der Waals surface area (Å²) in [5, 5.41) is 12.2. The van der Waals surface area contributed by atoms with Crippen LogP contribution in [0.1, 0.15) is 5.82 Å². The topological polar surface area (TPSA) is 106 Å². The second-order valence-corrected chi connectivity index (χ2v) is 6.36. The van der Waals surface area contributed by atoms with Crippen LogP contribution in [0.25, 0.3) is 11.0 Å². The second kappa shape index (κ2) is 7.01. The van der Waals surface area contributed by atoms with E-state index in [1.54, 1.807) is 0 Å². The Hall–Kier alpha value is -2.91. The predicted octanol–water partition coefficient (Wildman–Crippen LogP) is 0.240. The highest BCUT2D eigenvalue weighted by molar-refractivity contribution is 6.08. The van der Waals surface area contributed by atoms with E-state index in [0.717, 1.165) is 23.4 Å². The van der Waals surface area contributed by atoms with Gasteiger partial charge in [-0.1, -0.05) is 0 Å². The van der Waals surface area contributed by atoms with Gasteiger partial charge in [0.05, 0.1) is 43.5 Å². The molecule has 142 valence electrons. The normalized spacial score (nSPS) is 16.8. The maximum absolute atomic E-state index is 12.6. The number of aromatic nitrogens is 2. The molecule has 0 spiro atoms. The largest absolute Gasteiger partial charge is 0.466 e. The molecule has 9 nitrogen and oxygen atoms in total. The molecule has 1 amide bonds. The molecular formula is C18H20N4O5. The number of esters is 1. The number of aliphatic hydroxyl groups excluding tert-OH is 1. The lowest BCUT2D eigenvalue weighted by Gasteiger charge is -2.15. The zero-order valence-corrected chi connectivity index (χ0v) is 14.9. The van der Waals surface area contributed by atoms with Gasteiger partial charge in [0.2, 0.25) is 0 Å². The van der Waals surface area contributed by atoms with Crippen LogP contribution in [-0.4, -0.2) is 64.8 Å². The first-order valence-electron chi connectivity index (χ1n) is 8.68. The number of aliphatic hydroxyl groups is 1. The van der Waals surface area contributed by atoms with Gasteiger partial charge < -0.3 is 29.4 Å². The summed E-state index contributed by atoms with van der Waals surface area (Å²) in [5.41, 5.74) is 2.85. The molecule has 0 radical (unpaired) electrons. The fraction of sp³-hybridized carbons (Fsp3) is 0.389. The van der Waals surface area contributed by atoms with Crippen molar-refractivity contribution in [1.82, 2.24) is 14.5 Å². The third-order valence-corrected chi connectivity index (χ3v) is 4.74.